The van der Waals surface area contributed by atoms with Gasteiger partial charge in [-0.05, 0) is 12.1 Å². The average molecular weight is 354 g/mol. The molecule has 0 fully saturated rings. The molecule has 0 aromatic heterocycles. The van der Waals surface area contributed by atoms with Gasteiger partial charge in [0.15, 0.2) is 0 Å². The van der Waals surface area contributed by atoms with Crippen LogP contribution in [0.25, 0.3) is 0 Å². The lowest BCUT2D eigenvalue weighted by molar-refractivity contribution is -0.289. The van der Waals surface area contributed by atoms with Gasteiger partial charge in [0.25, 0.3) is 0 Å². The number of nitrogens with two attached hydrogens (primary N) is 1. The van der Waals surface area contributed by atoms with Crippen molar-refractivity contribution in [3.05, 3.63) is 28.3 Å². The van der Waals surface area contributed by atoms with Crippen molar-refractivity contribution in [2.24, 2.45) is 5.14 Å². The molecule has 0 aliphatic heterocycles. The van der Waals surface area contributed by atoms with Crippen LogP contribution in [0.15, 0.2) is 17.0 Å². The summed E-state index contributed by atoms with van der Waals surface area (Å²) in [4.78, 5) is 9.73. The van der Waals surface area contributed by atoms with Crippen molar-refractivity contribution in [3.63, 3.8) is 0 Å². The second kappa shape index (κ2) is 5.07. The fraction of sp³-hybridized carbons (Fsp3) is 0.222. The molecule has 0 bridgehead atoms. The molecule has 118 valence electrons. The molecule has 1 aromatic rings. The first kappa shape index (κ1) is 17.6. The Labute approximate surface area is 119 Å². The highest BCUT2D eigenvalue weighted by atomic mass is 35.5. The van der Waals surface area contributed by atoms with E-state index in [1.165, 1.54) is 0 Å². The Morgan fingerprint density at radius 3 is 2.00 bits per heavy atom. The van der Waals surface area contributed by atoms with E-state index in [4.69, 9.17) is 16.7 Å². The van der Waals surface area contributed by atoms with Crippen LogP contribution in [0.1, 0.15) is 15.9 Å². The van der Waals surface area contributed by atoms with Crippen LogP contribution in [-0.4, -0.2) is 25.7 Å². The maximum absolute atomic E-state index is 13.3. The highest BCUT2D eigenvalue weighted by Gasteiger charge is 2.60. The van der Waals surface area contributed by atoms with Crippen molar-refractivity contribution in [1.29, 1.82) is 0 Å². The van der Waals surface area contributed by atoms with Crippen LogP contribution in [0.4, 0.5) is 22.0 Å². The van der Waals surface area contributed by atoms with Gasteiger partial charge < -0.3 is 5.11 Å². The van der Waals surface area contributed by atoms with Gasteiger partial charge >= 0.3 is 18.1 Å². The third kappa shape index (κ3) is 3.24. The van der Waals surface area contributed by atoms with Crippen LogP contribution in [0.5, 0.6) is 0 Å². The van der Waals surface area contributed by atoms with Crippen LogP contribution in [0.3, 0.4) is 0 Å². The van der Waals surface area contributed by atoms with Crippen LogP contribution >= 0.6 is 11.6 Å². The molecular weight excluding hydrogens is 349 g/mol. The quantitative estimate of drug-likeness (QED) is 0.815. The zero-order valence-corrected chi connectivity index (χ0v) is 11.2. The Hall–Kier alpha value is -1.46. The highest BCUT2D eigenvalue weighted by Crippen LogP contribution is 2.46. The monoisotopic (exact) mass is 353 g/mol. The summed E-state index contributed by atoms with van der Waals surface area (Å²) in [7, 11) is -4.61. The molecule has 0 spiro atoms. The maximum atomic E-state index is 13.3. The molecule has 21 heavy (non-hydrogen) atoms. The zero-order chi connectivity index (χ0) is 16.8. The molecule has 3 N–H and O–H groups in total. The second-order valence-corrected chi connectivity index (χ2v) is 5.69. The van der Waals surface area contributed by atoms with E-state index in [9.17, 15) is 35.2 Å². The minimum atomic E-state index is -6.09. The van der Waals surface area contributed by atoms with Gasteiger partial charge in [0.05, 0.1) is 10.6 Å². The number of sulfonamides is 1. The Morgan fingerprint density at radius 2 is 1.67 bits per heavy atom. The first-order valence-electron chi connectivity index (χ1n) is 4.74. The maximum Gasteiger partial charge on any atom is 0.458 e. The standard InChI is InChI=1S/C9H5ClF5NO4S/c10-5-2-4(8(11,12)9(13,14)15)3(7(17)18)1-6(5)21(16,19)20/h1-2H,(H,17,18)(H2,16,19,20). The lowest BCUT2D eigenvalue weighted by Gasteiger charge is -2.22. The van der Waals surface area contributed by atoms with Gasteiger partial charge in [0.1, 0.15) is 4.90 Å². The largest absolute Gasteiger partial charge is 0.478 e. The van der Waals surface area contributed by atoms with Crippen LogP contribution in [0, 0.1) is 0 Å². The van der Waals surface area contributed by atoms with E-state index in [0.717, 1.165) is 0 Å². The molecule has 0 saturated heterocycles. The Bertz CT molecular complexity index is 701. The van der Waals surface area contributed by atoms with E-state index >= 15 is 0 Å². The summed E-state index contributed by atoms with van der Waals surface area (Å²) < 4.78 is 85.6. The molecule has 0 aliphatic carbocycles. The molecule has 0 aliphatic rings. The lowest BCUT2D eigenvalue weighted by Crippen LogP contribution is -2.35. The van der Waals surface area contributed by atoms with Gasteiger partial charge in [0.2, 0.25) is 10.0 Å². The van der Waals surface area contributed by atoms with E-state index in [-0.39, 0.29) is 12.1 Å². The number of halogens is 6. The average Bonchev–Trinajstić information content (AvgIpc) is 2.24. The number of carboxylic acids is 1. The molecule has 0 atom stereocenters. The first-order valence-corrected chi connectivity index (χ1v) is 6.66. The first-order chi connectivity index (χ1) is 9.19. The zero-order valence-electron chi connectivity index (χ0n) is 9.58. The van der Waals surface area contributed by atoms with Crippen LogP contribution < -0.4 is 5.14 Å². The SMILES string of the molecule is NS(=O)(=O)c1cc(C(=O)O)c(C(F)(F)C(F)(F)F)cc1Cl. The van der Waals surface area contributed by atoms with E-state index in [2.05, 4.69) is 5.14 Å². The predicted molar refractivity (Wildman–Crippen MR) is 59.7 cm³/mol. The van der Waals surface area contributed by atoms with E-state index in [0.29, 0.717) is 0 Å². The number of hydrogen-bond acceptors (Lipinski definition) is 3. The van der Waals surface area contributed by atoms with Crippen molar-refractivity contribution in [2.45, 2.75) is 17.0 Å². The molecule has 5 nitrogen and oxygen atoms in total. The van der Waals surface area contributed by atoms with Crippen LogP contribution in [0.2, 0.25) is 5.02 Å². The van der Waals surface area contributed by atoms with E-state index in [1.54, 1.807) is 0 Å². The Balaban J connectivity index is 3.79. The van der Waals surface area contributed by atoms with Gasteiger partial charge in [0, 0.05) is 5.56 Å². The van der Waals surface area contributed by atoms with Gasteiger partial charge in [-0.3, -0.25) is 0 Å². The number of carboxylic acid groups (broad SMARTS) is 1. The Kier molecular flexibility index (Phi) is 4.25. The number of hydrogen-bond donors (Lipinski definition) is 2. The summed E-state index contributed by atoms with van der Waals surface area (Å²) >= 11 is 5.29. The summed E-state index contributed by atoms with van der Waals surface area (Å²) in [6, 6.07) is -0.0345. The number of rotatable bonds is 3. The smallest absolute Gasteiger partial charge is 0.458 e. The molecule has 0 heterocycles. The van der Waals surface area contributed by atoms with Crippen molar-refractivity contribution in [3.8, 4) is 0 Å². The van der Waals surface area contributed by atoms with Crippen molar-refractivity contribution in [2.75, 3.05) is 0 Å². The molecule has 0 saturated carbocycles. The number of benzene rings is 1. The summed E-state index contributed by atoms with van der Waals surface area (Å²) in [5.41, 5.74) is -3.56. The minimum Gasteiger partial charge on any atom is -0.478 e. The lowest BCUT2D eigenvalue weighted by atomic mass is 10.0. The molecule has 0 unspecified atom stereocenters. The van der Waals surface area contributed by atoms with Gasteiger partial charge in [-0.2, -0.15) is 22.0 Å². The fourth-order valence-corrected chi connectivity index (χ4v) is 2.46. The fourth-order valence-electron chi connectivity index (χ4n) is 1.36. The summed E-state index contributed by atoms with van der Waals surface area (Å²) in [5, 5.41) is 12.3. The molecule has 0 radical (unpaired) electrons. The third-order valence-corrected chi connectivity index (χ3v) is 3.68. The van der Waals surface area contributed by atoms with Gasteiger partial charge in [-0.15, -0.1) is 0 Å². The predicted octanol–water partition coefficient (Wildman–Crippen LogP) is 2.34. The molecule has 1 aromatic carbocycles. The van der Waals surface area contributed by atoms with Crippen molar-refractivity contribution in [1.82, 2.24) is 0 Å². The molecular formula is C9H5ClF5NO4S. The number of primary sulfonamides is 1. The number of alkyl halides is 5. The van der Waals surface area contributed by atoms with Gasteiger partial charge in [-0.1, -0.05) is 11.6 Å². The van der Waals surface area contributed by atoms with Crippen molar-refractivity contribution < 1.29 is 40.3 Å². The van der Waals surface area contributed by atoms with Gasteiger partial charge in [-0.25, -0.2) is 18.4 Å². The topological polar surface area (TPSA) is 97.5 Å². The number of carbonyl (C=O) groups is 1. The summed E-state index contributed by atoms with van der Waals surface area (Å²) in [6.45, 7) is 0. The Morgan fingerprint density at radius 1 is 1.19 bits per heavy atom. The highest BCUT2D eigenvalue weighted by molar-refractivity contribution is 7.89. The van der Waals surface area contributed by atoms with Crippen LogP contribution in [-0.2, 0) is 15.9 Å². The third-order valence-electron chi connectivity index (χ3n) is 2.30. The second-order valence-electron chi connectivity index (χ2n) is 3.75. The van der Waals surface area contributed by atoms with E-state index in [1.807, 2.05) is 0 Å². The van der Waals surface area contributed by atoms with E-state index < -0.39 is 49.1 Å². The van der Waals surface area contributed by atoms with Crippen molar-refractivity contribution >= 4 is 27.6 Å². The minimum absolute atomic E-state index is 0.0506. The molecule has 1 rings (SSSR count). The number of aromatic carboxylic acids is 1. The summed E-state index contributed by atoms with van der Waals surface area (Å²) in [5.74, 6) is -7.74. The summed E-state index contributed by atoms with van der Waals surface area (Å²) in [6.07, 6.45) is -6.09. The molecule has 0 amide bonds. The normalized spacial score (nSPS) is 13.3. The molecule has 12 heteroatoms.